The van der Waals surface area contributed by atoms with E-state index in [0.717, 1.165) is 52.0 Å². The number of nitrogens with zero attached hydrogens (tertiary/aromatic N) is 2. The number of rotatable bonds is 6. The summed E-state index contributed by atoms with van der Waals surface area (Å²) in [5, 5.41) is 0. The van der Waals surface area contributed by atoms with Crippen molar-refractivity contribution >= 4 is 5.91 Å². The van der Waals surface area contributed by atoms with E-state index in [1.807, 2.05) is 11.0 Å². The lowest BCUT2D eigenvalue weighted by Gasteiger charge is -2.35. The van der Waals surface area contributed by atoms with E-state index in [9.17, 15) is 4.79 Å². The number of hydrogen-bond acceptors (Lipinski definition) is 3. The van der Waals surface area contributed by atoms with E-state index in [-0.39, 0.29) is 11.9 Å². The van der Waals surface area contributed by atoms with Crippen molar-refractivity contribution in [2.75, 3.05) is 32.7 Å². The van der Waals surface area contributed by atoms with E-state index in [1.54, 1.807) is 0 Å². The monoisotopic (exact) mass is 239 g/mol. The van der Waals surface area contributed by atoms with Crippen molar-refractivity contribution < 1.29 is 4.79 Å². The summed E-state index contributed by atoms with van der Waals surface area (Å²) in [4.78, 5) is 16.2. The number of hydrogen-bond donors (Lipinski definition) is 1. The topological polar surface area (TPSA) is 49.6 Å². The maximum atomic E-state index is 12.0. The van der Waals surface area contributed by atoms with Crippen LogP contribution in [-0.4, -0.2) is 54.5 Å². The largest absolute Gasteiger partial charge is 0.339 e. The highest BCUT2D eigenvalue weighted by molar-refractivity contribution is 5.81. The highest BCUT2D eigenvalue weighted by atomic mass is 16.2. The molecular weight excluding hydrogens is 214 g/mol. The fourth-order valence-corrected chi connectivity index (χ4v) is 2.12. The average Bonchev–Trinajstić information content (AvgIpc) is 2.36. The zero-order chi connectivity index (χ0) is 12.7. The minimum atomic E-state index is -0.305. The SMILES string of the molecule is C=CCN1CCN(C(=O)[C@@H](N)CCCC)CC1. The number of carbonyl (C=O) groups is 1. The maximum absolute atomic E-state index is 12.0. The molecule has 0 aliphatic carbocycles. The summed E-state index contributed by atoms with van der Waals surface area (Å²) in [5.74, 6) is 0.122. The van der Waals surface area contributed by atoms with Crippen molar-refractivity contribution in [1.29, 1.82) is 0 Å². The molecule has 1 aliphatic heterocycles. The molecule has 17 heavy (non-hydrogen) atoms. The summed E-state index contributed by atoms with van der Waals surface area (Å²) >= 11 is 0. The van der Waals surface area contributed by atoms with E-state index >= 15 is 0 Å². The Morgan fingerprint density at radius 1 is 1.41 bits per heavy atom. The predicted molar refractivity (Wildman–Crippen MR) is 70.7 cm³/mol. The van der Waals surface area contributed by atoms with Crippen LogP contribution in [0, 0.1) is 0 Å². The minimum absolute atomic E-state index is 0.122. The molecule has 0 aromatic rings. The van der Waals surface area contributed by atoms with Gasteiger partial charge in [0.1, 0.15) is 0 Å². The van der Waals surface area contributed by atoms with Gasteiger partial charge in [-0.1, -0.05) is 25.8 Å². The molecule has 4 nitrogen and oxygen atoms in total. The summed E-state index contributed by atoms with van der Waals surface area (Å²) in [7, 11) is 0. The van der Waals surface area contributed by atoms with Crippen molar-refractivity contribution in [3.63, 3.8) is 0 Å². The molecule has 0 radical (unpaired) electrons. The zero-order valence-corrected chi connectivity index (χ0v) is 10.9. The molecular formula is C13H25N3O. The lowest BCUT2D eigenvalue weighted by Crippen LogP contribution is -2.53. The smallest absolute Gasteiger partial charge is 0.239 e. The second-order valence-corrected chi connectivity index (χ2v) is 4.66. The third-order valence-electron chi connectivity index (χ3n) is 3.26. The Kier molecular flexibility index (Phi) is 6.22. The summed E-state index contributed by atoms with van der Waals surface area (Å²) in [6.45, 7) is 10.2. The van der Waals surface area contributed by atoms with Crippen molar-refractivity contribution in [3.8, 4) is 0 Å². The van der Waals surface area contributed by atoms with Gasteiger partial charge in [-0.25, -0.2) is 0 Å². The Balaban J connectivity index is 2.32. The third-order valence-corrected chi connectivity index (χ3v) is 3.26. The van der Waals surface area contributed by atoms with Crippen LogP contribution in [0.15, 0.2) is 12.7 Å². The molecule has 1 heterocycles. The molecule has 0 aromatic carbocycles. The van der Waals surface area contributed by atoms with Gasteiger partial charge in [-0.3, -0.25) is 9.69 Å². The fourth-order valence-electron chi connectivity index (χ4n) is 2.12. The predicted octanol–water partition coefficient (Wildman–Crippen LogP) is 0.834. The van der Waals surface area contributed by atoms with Crippen LogP contribution in [0.4, 0.5) is 0 Å². The van der Waals surface area contributed by atoms with Crippen LogP contribution in [0.5, 0.6) is 0 Å². The number of unbranched alkanes of at least 4 members (excludes halogenated alkanes) is 1. The van der Waals surface area contributed by atoms with Crippen LogP contribution < -0.4 is 5.73 Å². The standard InChI is InChI=1S/C13H25N3O/c1-3-5-6-12(14)13(17)16-10-8-15(7-4-2)9-11-16/h4,12H,2-3,5-11,14H2,1H3/t12-/m0/s1. The molecule has 0 aromatic heterocycles. The maximum Gasteiger partial charge on any atom is 0.239 e. The number of amides is 1. The zero-order valence-electron chi connectivity index (χ0n) is 10.9. The van der Waals surface area contributed by atoms with Gasteiger partial charge in [-0.2, -0.15) is 0 Å². The highest BCUT2D eigenvalue weighted by Gasteiger charge is 2.24. The molecule has 1 rings (SSSR count). The van der Waals surface area contributed by atoms with E-state index < -0.39 is 0 Å². The second-order valence-electron chi connectivity index (χ2n) is 4.66. The minimum Gasteiger partial charge on any atom is -0.339 e. The van der Waals surface area contributed by atoms with Crippen molar-refractivity contribution in [2.24, 2.45) is 5.73 Å². The van der Waals surface area contributed by atoms with Gasteiger partial charge in [0.25, 0.3) is 0 Å². The van der Waals surface area contributed by atoms with Gasteiger partial charge in [0, 0.05) is 32.7 Å². The number of piperazine rings is 1. The second kappa shape index (κ2) is 7.45. The van der Waals surface area contributed by atoms with E-state index in [2.05, 4.69) is 18.4 Å². The Bertz CT molecular complexity index is 247. The summed E-state index contributed by atoms with van der Waals surface area (Å²) < 4.78 is 0. The van der Waals surface area contributed by atoms with Gasteiger partial charge in [0.05, 0.1) is 6.04 Å². The molecule has 1 fully saturated rings. The first-order chi connectivity index (χ1) is 8.19. The van der Waals surface area contributed by atoms with Crippen LogP contribution in [-0.2, 0) is 4.79 Å². The quantitative estimate of drug-likeness (QED) is 0.699. The molecule has 0 bridgehead atoms. The molecule has 0 saturated carbocycles. The van der Waals surface area contributed by atoms with Crippen molar-refractivity contribution in [3.05, 3.63) is 12.7 Å². The molecule has 0 spiro atoms. The van der Waals surface area contributed by atoms with Gasteiger partial charge in [-0.15, -0.1) is 6.58 Å². The molecule has 98 valence electrons. The van der Waals surface area contributed by atoms with Crippen LogP contribution in [0.25, 0.3) is 0 Å². The summed E-state index contributed by atoms with van der Waals surface area (Å²) in [6.07, 6.45) is 4.84. The first-order valence-corrected chi connectivity index (χ1v) is 6.56. The Labute approximate surface area is 104 Å². The lowest BCUT2D eigenvalue weighted by molar-refractivity contribution is -0.134. The van der Waals surface area contributed by atoms with Crippen LogP contribution >= 0.6 is 0 Å². The number of carbonyl (C=O) groups excluding carboxylic acids is 1. The highest BCUT2D eigenvalue weighted by Crippen LogP contribution is 2.06. The first kappa shape index (κ1) is 14.2. The lowest BCUT2D eigenvalue weighted by atomic mass is 10.1. The Morgan fingerprint density at radius 2 is 2.06 bits per heavy atom. The first-order valence-electron chi connectivity index (χ1n) is 6.56. The summed E-state index contributed by atoms with van der Waals surface area (Å²) in [6, 6.07) is -0.305. The van der Waals surface area contributed by atoms with Gasteiger partial charge >= 0.3 is 0 Å². The van der Waals surface area contributed by atoms with Crippen molar-refractivity contribution in [1.82, 2.24) is 9.80 Å². The fraction of sp³-hybridized carbons (Fsp3) is 0.769. The Hall–Kier alpha value is -0.870. The van der Waals surface area contributed by atoms with Gasteiger partial charge in [0.15, 0.2) is 0 Å². The number of nitrogens with two attached hydrogens (primary N) is 1. The molecule has 0 unspecified atom stereocenters. The molecule has 1 saturated heterocycles. The molecule has 1 aliphatic rings. The van der Waals surface area contributed by atoms with Crippen LogP contribution in [0.1, 0.15) is 26.2 Å². The van der Waals surface area contributed by atoms with Gasteiger partial charge in [-0.05, 0) is 6.42 Å². The van der Waals surface area contributed by atoms with Crippen LogP contribution in [0.2, 0.25) is 0 Å². The average molecular weight is 239 g/mol. The molecule has 1 amide bonds. The summed E-state index contributed by atoms with van der Waals surface area (Å²) in [5.41, 5.74) is 5.91. The van der Waals surface area contributed by atoms with E-state index in [4.69, 9.17) is 5.73 Å². The van der Waals surface area contributed by atoms with Gasteiger partial charge < -0.3 is 10.6 Å². The van der Waals surface area contributed by atoms with Crippen molar-refractivity contribution in [2.45, 2.75) is 32.2 Å². The van der Waals surface area contributed by atoms with E-state index in [0.29, 0.717) is 0 Å². The van der Waals surface area contributed by atoms with Gasteiger partial charge in [0.2, 0.25) is 5.91 Å². The normalized spacial score (nSPS) is 19.1. The van der Waals surface area contributed by atoms with E-state index in [1.165, 1.54) is 0 Å². The van der Waals surface area contributed by atoms with Crippen LogP contribution in [0.3, 0.4) is 0 Å². The molecule has 2 N–H and O–H groups in total. The Morgan fingerprint density at radius 3 is 2.59 bits per heavy atom. The third kappa shape index (κ3) is 4.48. The molecule has 1 atom stereocenters. The molecule has 4 heteroatoms.